The van der Waals surface area contributed by atoms with Crippen molar-refractivity contribution in [2.45, 2.75) is 19.6 Å². The molecule has 0 aliphatic rings. The number of benzene rings is 1. The van der Waals surface area contributed by atoms with Crippen molar-refractivity contribution >= 4 is 5.91 Å². The zero-order chi connectivity index (χ0) is 12.8. The molecule has 0 aliphatic heterocycles. The van der Waals surface area contributed by atoms with E-state index in [2.05, 4.69) is 10.1 Å². The molecule has 0 unspecified atom stereocenters. The van der Waals surface area contributed by atoms with Crippen LogP contribution in [0.5, 0.6) is 5.75 Å². The Balaban J connectivity index is 2.85. The molecule has 1 atom stereocenters. The average Bonchev–Trinajstić information content (AvgIpc) is 2.28. The maximum absolute atomic E-state index is 12.1. The van der Waals surface area contributed by atoms with Gasteiger partial charge in [-0.25, -0.2) is 0 Å². The van der Waals surface area contributed by atoms with Crippen LogP contribution in [0.2, 0.25) is 0 Å². The third kappa shape index (κ3) is 3.99. The van der Waals surface area contributed by atoms with Crippen molar-refractivity contribution < 1.29 is 23.4 Å². The Morgan fingerprint density at radius 2 is 2.12 bits per heavy atom. The van der Waals surface area contributed by atoms with Crippen LogP contribution < -0.4 is 10.1 Å². The van der Waals surface area contributed by atoms with Crippen LogP contribution in [0.25, 0.3) is 0 Å². The first-order valence-corrected chi connectivity index (χ1v) is 5.00. The predicted molar refractivity (Wildman–Crippen MR) is 57.1 cm³/mol. The number of aliphatic hydroxyl groups excluding tert-OH is 1. The van der Waals surface area contributed by atoms with E-state index in [1.807, 2.05) is 0 Å². The molecule has 0 aromatic heterocycles. The van der Waals surface area contributed by atoms with Crippen LogP contribution in [0.4, 0.5) is 8.78 Å². The van der Waals surface area contributed by atoms with Crippen molar-refractivity contribution in [1.82, 2.24) is 5.32 Å². The minimum Gasteiger partial charge on any atom is -0.434 e. The highest BCUT2D eigenvalue weighted by molar-refractivity contribution is 5.97. The Hall–Kier alpha value is -1.69. The number of amides is 1. The number of hydrogen-bond donors (Lipinski definition) is 2. The van der Waals surface area contributed by atoms with Gasteiger partial charge in [0.05, 0.1) is 12.2 Å². The zero-order valence-electron chi connectivity index (χ0n) is 9.19. The first-order chi connectivity index (χ1) is 8.04. The summed E-state index contributed by atoms with van der Waals surface area (Å²) in [4.78, 5) is 11.7. The fourth-order valence-electron chi connectivity index (χ4n) is 1.20. The molecule has 1 amide bonds. The molecule has 2 N–H and O–H groups in total. The Kier molecular flexibility index (Phi) is 4.84. The quantitative estimate of drug-likeness (QED) is 0.824. The summed E-state index contributed by atoms with van der Waals surface area (Å²) in [6.45, 7) is -1.63. The molecule has 94 valence electrons. The van der Waals surface area contributed by atoms with Gasteiger partial charge in [-0.3, -0.25) is 4.79 Å². The van der Waals surface area contributed by atoms with Crippen molar-refractivity contribution in [1.29, 1.82) is 0 Å². The van der Waals surface area contributed by atoms with Gasteiger partial charge < -0.3 is 15.2 Å². The van der Waals surface area contributed by atoms with Crippen LogP contribution in [-0.4, -0.2) is 30.3 Å². The van der Waals surface area contributed by atoms with Crippen LogP contribution in [0.15, 0.2) is 24.3 Å². The van der Waals surface area contributed by atoms with Gasteiger partial charge in [0.2, 0.25) is 0 Å². The standard InChI is InChI=1S/C11H13F2NO3/c1-7(6-15)14-10(16)8-4-2-3-5-9(8)17-11(12)13/h2-5,7,11,15H,6H2,1H3,(H,14,16)/t7-/m1/s1. The second-order valence-electron chi connectivity index (χ2n) is 3.43. The van der Waals surface area contributed by atoms with E-state index >= 15 is 0 Å². The highest BCUT2D eigenvalue weighted by atomic mass is 19.3. The van der Waals surface area contributed by atoms with E-state index in [9.17, 15) is 13.6 Å². The third-order valence-corrected chi connectivity index (χ3v) is 2.00. The van der Waals surface area contributed by atoms with E-state index in [-0.39, 0.29) is 17.9 Å². The highest BCUT2D eigenvalue weighted by Gasteiger charge is 2.16. The lowest BCUT2D eigenvalue weighted by Crippen LogP contribution is -2.35. The number of carbonyl (C=O) groups excluding carboxylic acids is 1. The van der Waals surface area contributed by atoms with Crippen molar-refractivity contribution in [3.05, 3.63) is 29.8 Å². The van der Waals surface area contributed by atoms with Gasteiger partial charge in [0, 0.05) is 6.04 Å². The van der Waals surface area contributed by atoms with Crippen LogP contribution in [-0.2, 0) is 0 Å². The molecule has 0 heterocycles. The summed E-state index contributed by atoms with van der Waals surface area (Å²) >= 11 is 0. The summed E-state index contributed by atoms with van der Waals surface area (Å²) in [6, 6.07) is 5.23. The Morgan fingerprint density at radius 1 is 1.47 bits per heavy atom. The molecule has 1 aromatic carbocycles. The molecule has 0 saturated carbocycles. The number of alkyl halides is 2. The van der Waals surface area contributed by atoms with E-state index in [1.54, 1.807) is 6.92 Å². The summed E-state index contributed by atoms with van der Waals surface area (Å²) in [7, 11) is 0. The van der Waals surface area contributed by atoms with Gasteiger partial charge in [-0.15, -0.1) is 0 Å². The van der Waals surface area contributed by atoms with Crippen molar-refractivity contribution in [2.24, 2.45) is 0 Å². The molecule has 0 fully saturated rings. The summed E-state index contributed by atoms with van der Waals surface area (Å²) in [6.07, 6.45) is 0. The topological polar surface area (TPSA) is 58.6 Å². The lowest BCUT2D eigenvalue weighted by atomic mass is 10.2. The number of aliphatic hydroxyl groups is 1. The highest BCUT2D eigenvalue weighted by Crippen LogP contribution is 2.20. The maximum Gasteiger partial charge on any atom is 0.387 e. The van der Waals surface area contributed by atoms with Crippen molar-refractivity contribution in [3.63, 3.8) is 0 Å². The van der Waals surface area contributed by atoms with Crippen LogP contribution in [0.3, 0.4) is 0 Å². The van der Waals surface area contributed by atoms with E-state index < -0.39 is 18.6 Å². The van der Waals surface area contributed by atoms with Gasteiger partial charge in [0.1, 0.15) is 5.75 Å². The lowest BCUT2D eigenvalue weighted by Gasteiger charge is -2.13. The molecule has 1 rings (SSSR count). The lowest BCUT2D eigenvalue weighted by molar-refractivity contribution is -0.0501. The second kappa shape index (κ2) is 6.15. The average molecular weight is 245 g/mol. The molecule has 4 nitrogen and oxygen atoms in total. The van der Waals surface area contributed by atoms with Gasteiger partial charge in [0.25, 0.3) is 5.91 Å². The van der Waals surface area contributed by atoms with Crippen LogP contribution in [0, 0.1) is 0 Å². The molecule has 0 spiro atoms. The maximum atomic E-state index is 12.1. The third-order valence-electron chi connectivity index (χ3n) is 2.00. The molecular weight excluding hydrogens is 232 g/mol. The number of halogens is 2. The van der Waals surface area contributed by atoms with Gasteiger partial charge in [-0.1, -0.05) is 12.1 Å². The van der Waals surface area contributed by atoms with Gasteiger partial charge >= 0.3 is 6.61 Å². The molecule has 0 bridgehead atoms. The molecular formula is C11H13F2NO3. The van der Waals surface area contributed by atoms with E-state index in [0.717, 1.165) is 0 Å². The van der Waals surface area contributed by atoms with Crippen LogP contribution >= 0.6 is 0 Å². The van der Waals surface area contributed by atoms with Gasteiger partial charge in [-0.2, -0.15) is 8.78 Å². The fraction of sp³-hybridized carbons (Fsp3) is 0.364. The summed E-state index contributed by atoms with van der Waals surface area (Å²) < 4.78 is 28.4. The number of rotatable bonds is 5. The van der Waals surface area contributed by atoms with Gasteiger partial charge in [0.15, 0.2) is 0 Å². The SMILES string of the molecule is C[C@H](CO)NC(=O)c1ccccc1OC(F)F. The molecule has 1 aromatic rings. The Morgan fingerprint density at radius 3 is 2.71 bits per heavy atom. The first kappa shape index (κ1) is 13.4. The van der Waals surface area contributed by atoms with Crippen molar-refractivity contribution in [2.75, 3.05) is 6.61 Å². The number of nitrogens with one attached hydrogen (secondary N) is 1. The van der Waals surface area contributed by atoms with E-state index in [4.69, 9.17) is 5.11 Å². The number of para-hydroxylation sites is 1. The Bertz CT molecular complexity index is 385. The van der Waals surface area contributed by atoms with E-state index in [1.165, 1.54) is 24.3 Å². The van der Waals surface area contributed by atoms with E-state index in [0.29, 0.717) is 0 Å². The summed E-state index contributed by atoms with van der Waals surface area (Å²) in [5.74, 6) is -0.757. The van der Waals surface area contributed by atoms with Crippen LogP contribution in [0.1, 0.15) is 17.3 Å². The molecule has 0 radical (unpaired) electrons. The molecule has 0 saturated heterocycles. The normalized spacial score (nSPS) is 12.3. The predicted octanol–water partition coefficient (Wildman–Crippen LogP) is 1.40. The number of hydrogen-bond acceptors (Lipinski definition) is 3. The number of ether oxygens (including phenoxy) is 1. The fourth-order valence-corrected chi connectivity index (χ4v) is 1.20. The monoisotopic (exact) mass is 245 g/mol. The first-order valence-electron chi connectivity index (χ1n) is 5.00. The van der Waals surface area contributed by atoms with Crippen molar-refractivity contribution in [3.8, 4) is 5.75 Å². The van der Waals surface area contributed by atoms with Gasteiger partial charge in [-0.05, 0) is 19.1 Å². The summed E-state index contributed by atoms with van der Waals surface area (Å²) in [5.41, 5.74) is 0.00750. The number of carbonyl (C=O) groups is 1. The summed E-state index contributed by atoms with van der Waals surface area (Å²) in [5, 5.41) is 11.2. The Labute approximate surface area is 97.2 Å². The minimum absolute atomic E-state index is 0.00750. The second-order valence-corrected chi connectivity index (χ2v) is 3.43. The molecule has 6 heteroatoms. The smallest absolute Gasteiger partial charge is 0.387 e. The molecule has 0 aliphatic carbocycles. The minimum atomic E-state index is -2.99. The molecule has 17 heavy (non-hydrogen) atoms. The largest absolute Gasteiger partial charge is 0.434 e. The zero-order valence-corrected chi connectivity index (χ0v) is 9.19.